The summed E-state index contributed by atoms with van der Waals surface area (Å²) in [6, 6.07) is 0. The van der Waals surface area contributed by atoms with Crippen LogP contribution in [0.2, 0.25) is 15.6 Å². The van der Waals surface area contributed by atoms with Gasteiger partial charge in [-0.1, -0.05) is 0 Å². The van der Waals surface area contributed by atoms with E-state index in [1.165, 1.54) is 0 Å². The molecule has 0 rings (SSSR count). The van der Waals surface area contributed by atoms with Gasteiger partial charge in [0.25, 0.3) is 0 Å². The first-order valence-corrected chi connectivity index (χ1v) is 9.58. The minimum atomic E-state index is -4.51. The summed E-state index contributed by atoms with van der Waals surface area (Å²) in [6.07, 6.45) is 0. The van der Waals surface area contributed by atoms with Crippen molar-refractivity contribution in [2.24, 2.45) is 0 Å². The quantitative estimate of drug-likeness (QED) is 0.467. The summed E-state index contributed by atoms with van der Waals surface area (Å²) in [6.45, 7) is 0. The van der Waals surface area contributed by atoms with Gasteiger partial charge in [0.15, 0.2) is 0 Å². The number of hydrogen-bond acceptors (Lipinski definition) is 4. The van der Waals surface area contributed by atoms with E-state index in [0.717, 1.165) is 0 Å². The number of rotatable bonds is 7. The molecule has 0 heterocycles. The Morgan fingerprint density at radius 1 is 0.688 bits per heavy atom. The van der Waals surface area contributed by atoms with Crippen molar-refractivity contribution in [3.63, 3.8) is 0 Å². The van der Waals surface area contributed by atoms with Crippen molar-refractivity contribution in [1.82, 2.24) is 0 Å². The zero-order valence-electron chi connectivity index (χ0n) is 8.04. The standard InChI is InChI=1S/C7H11AsO8/c9-4(10)1-8(7(15)16,2-5(11)12)3-6(13)14/h8H,1-3H2,(H,9,10)(H,11,12)(H,13,14)(H,15,16). The van der Waals surface area contributed by atoms with Crippen LogP contribution in [0.15, 0.2) is 0 Å². The van der Waals surface area contributed by atoms with Gasteiger partial charge in [-0.15, -0.1) is 0 Å². The molecule has 92 valence electrons. The molecule has 0 amide bonds. The Labute approximate surface area is 91.9 Å². The van der Waals surface area contributed by atoms with Crippen molar-refractivity contribution >= 4 is 36.2 Å². The van der Waals surface area contributed by atoms with Gasteiger partial charge in [0.1, 0.15) is 0 Å². The summed E-state index contributed by atoms with van der Waals surface area (Å²) in [7, 11) is 0. The Kier molecular flexibility index (Phi) is 4.97. The van der Waals surface area contributed by atoms with Crippen LogP contribution in [0, 0.1) is 0 Å². The predicted octanol–water partition coefficient (Wildman–Crippen LogP) is -0.319. The molecule has 0 aliphatic carbocycles. The molecule has 4 N–H and O–H groups in total. The van der Waals surface area contributed by atoms with Crippen molar-refractivity contribution < 1.29 is 39.6 Å². The van der Waals surface area contributed by atoms with Gasteiger partial charge in [0.05, 0.1) is 0 Å². The van der Waals surface area contributed by atoms with Crippen LogP contribution in [0.5, 0.6) is 0 Å². The van der Waals surface area contributed by atoms with Crippen molar-refractivity contribution in [2.45, 2.75) is 15.6 Å². The van der Waals surface area contributed by atoms with Gasteiger partial charge >= 0.3 is 91.4 Å². The average molecular weight is 298 g/mol. The van der Waals surface area contributed by atoms with Crippen LogP contribution < -0.4 is 0 Å². The van der Waals surface area contributed by atoms with E-state index in [4.69, 9.17) is 20.4 Å². The Hall–Kier alpha value is -1.56. The molecular formula is C7H11AsO8. The molecular weight excluding hydrogens is 287 g/mol. The van der Waals surface area contributed by atoms with Gasteiger partial charge < -0.3 is 0 Å². The predicted molar refractivity (Wildman–Crippen MR) is 52.5 cm³/mol. The third-order valence-electron chi connectivity index (χ3n) is 1.92. The molecule has 0 aromatic carbocycles. The van der Waals surface area contributed by atoms with Crippen molar-refractivity contribution in [3.8, 4) is 0 Å². The topological polar surface area (TPSA) is 149 Å². The molecule has 0 radical (unpaired) electrons. The van der Waals surface area contributed by atoms with E-state index >= 15 is 0 Å². The first-order chi connectivity index (χ1) is 7.19. The van der Waals surface area contributed by atoms with Crippen LogP contribution >= 0.6 is 0 Å². The van der Waals surface area contributed by atoms with Crippen LogP contribution in [0.1, 0.15) is 0 Å². The van der Waals surface area contributed by atoms with Gasteiger partial charge in [-0.3, -0.25) is 0 Å². The fourth-order valence-corrected chi connectivity index (χ4v) is 6.67. The average Bonchev–Trinajstić information content (AvgIpc) is 1.98. The van der Waals surface area contributed by atoms with Gasteiger partial charge in [-0.2, -0.15) is 0 Å². The van der Waals surface area contributed by atoms with E-state index in [1.807, 2.05) is 0 Å². The van der Waals surface area contributed by atoms with E-state index in [2.05, 4.69) is 0 Å². The summed E-state index contributed by atoms with van der Waals surface area (Å²) >= 11 is -4.51. The van der Waals surface area contributed by atoms with Crippen LogP contribution in [0.4, 0.5) is 4.79 Å². The van der Waals surface area contributed by atoms with E-state index < -0.39 is 51.8 Å². The van der Waals surface area contributed by atoms with Crippen molar-refractivity contribution in [2.75, 3.05) is 0 Å². The Balaban J connectivity index is 5.19. The third-order valence-corrected chi connectivity index (χ3v) is 9.99. The van der Waals surface area contributed by atoms with Crippen molar-refractivity contribution in [1.29, 1.82) is 0 Å². The van der Waals surface area contributed by atoms with E-state index in [-0.39, 0.29) is 0 Å². The second-order valence-electron chi connectivity index (χ2n) is 3.30. The molecule has 0 unspecified atom stereocenters. The molecule has 0 spiro atoms. The normalized spacial score (nSPS) is 11.8. The molecule has 0 bridgehead atoms. The van der Waals surface area contributed by atoms with Crippen LogP contribution in [0.25, 0.3) is 0 Å². The summed E-state index contributed by atoms with van der Waals surface area (Å²) in [5, 5.41) is 31.8. The molecule has 0 aromatic rings. The summed E-state index contributed by atoms with van der Waals surface area (Å²) in [4.78, 5) is 42.4. The van der Waals surface area contributed by atoms with Crippen LogP contribution in [0.3, 0.4) is 0 Å². The third kappa shape index (κ3) is 4.31. The van der Waals surface area contributed by atoms with Gasteiger partial charge in [0, 0.05) is 0 Å². The molecule has 0 aromatic heterocycles. The zero-order chi connectivity index (χ0) is 12.9. The van der Waals surface area contributed by atoms with E-state index in [9.17, 15) is 19.2 Å². The number of carboxylic acid groups (broad SMARTS) is 4. The maximum absolute atomic E-state index is 10.9. The molecule has 0 saturated carbocycles. The van der Waals surface area contributed by atoms with Gasteiger partial charge in [-0.25, -0.2) is 0 Å². The van der Waals surface area contributed by atoms with E-state index in [1.54, 1.807) is 0 Å². The van der Waals surface area contributed by atoms with Gasteiger partial charge in [-0.05, 0) is 0 Å². The molecule has 16 heavy (non-hydrogen) atoms. The van der Waals surface area contributed by atoms with Crippen LogP contribution in [-0.4, -0.2) is 56.6 Å². The monoisotopic (exact) mass is 298 g/mol. The molecule has 8 nitrogen and oxygen atoms in total. The molecule has 0 aliphatic rings. The fourth-order valence-electron chi connectivity index (χ4n) is 1.28. The first-order valence-electron chi connectivity index (χ1n) is 4.08. The second kappa shape index (κ2) is 5.50. The van der Waals surface area contributed by atoms with E-state index in [0.29, 0.717) is 0 Å². The zero-order valence-corrected chi connectivity index (χ0v) is 10.1. The first kappa shape index (κ1) is 14.4. The Morgan fingerprint density at radius 3 is 1.06 bits per heavy atom. The fraction of sp³-hybridized carbons (Fsp3) is 0.429. The summed E-state index contributed by atoms with van der Waals surface area (Å²) in [5.41, 5.74) is 0. The summed E-state index contributed by atoms with van der Waals surface area (Å²) < 4.78 is -1.56. The number of hydrogen-bond donors (Lipinski definition) is 4. The molecule has 0 saturated heterocycles. The minimum absolute atomic E-state index is 0.867. The Morgan fingerprint density at radius 2 is 0.938 bits per heavy atom. The number of carboxylic acids is 3. The van der Waals surface area contributed by atoms with Crippen molar-refractivity contribution in [3.05, 3.63) is 0 Å². The van der Waals surface area contributed by atoms with Gasteiger partial charge in [0.2, 0.25) is 0 Å². The summed E-state index contributed by atoms with van der Waals surface area (Å²) in [5.74, 6) is -4.44. The molecule has 0 aliphatic heterocycles. The SMILES string of the molecule is O=C(O)C[AsH](CC(=O)O)(CC(=O)O)C(=O)O. The maximum atomic E-state index is 10.9. The molecule has 9 heteroatoms. The van der Waals surface area contributed by atoms with Crippen LogP contribution in [-0.2, 0) is 14.4 Å². The number of carbonyl (C=O) groups is 4. The number of aliphatic carboxylic acids is 3. The Bertz CT molecular complexity index is 294. The molecule has 0 atom stereocenters. The second-order valence-corrected chi connectivity index (χ2v) is 11.8. The molecule has 0 fully saturated rings.